The van der Waals surface area contributed by atoms with Gasteiger partial charge in [-0.3, -0.25) is 4.90 Å². The van der Waals surface area contributed by atoms with Crippen molar-refractivity contribution in [2.45, 2.75) is 26.3 Å². The molecule has 0 aliphatic carbocycles. The van der Waals surface area contributed by atoms with Gasteiger partial charge in [0.1, 0.15) is 0 Å². The molecule has 2 rings (SSSR count). The maximum atomic E-state index is 6.01. The van der Waals surface area contributed by atoms with E-state index in [9.17, 15) is 0 Å². The first-order valence-corrected chi connectivity index (χ1v) is 7.60. The highest BCUT2D eigenvalue weighted by atomic mass is 79.9. The maximum absolute atomic E-state index is 6.01. The molecule has 0 bridgehead atoms. The lowest BCUT2D eigenvalue weighted by Gasteiger charge is -2.40. The third kappa shape index (κ3) is 3.14. The van der Waals surface area contributed by atoms with Crippen molar-refractivity contribution in [1.29, 1.82) is 0 Å². The molecular formula is C15H23BrN2. The molecule has 0 radical (unpaired) electrons. The molecule has 1 heterocycles. The fourth-order valence-electron chi connectivity index (χ4n) is 2.79. The lowest BCUT2D eigenvalue weighted by atomic mass is 9.87. The van der Waals surface area contributed by atoms with E-state index in [4.69, 9.17) is 5.73 Å². The summed E-state index contributed by atoms with van der Waals surface area (Å²) in [7, 11) is 0. The van der Waals surface area contributed by atoms with Gasteiger partial charge in [-0.2, -0.15) is 0 Å². The normalized spacial score (nSPS) is 27.1. The largest absolute Gasteiger partial charge is 0.329 e. The van der Waals surface area contributed by atoms with Crippen molar-refractivity contribution in [1.82, 2.24) is 4.90 Å². The number of halogens is 1. The Kier molecular flexibility index (Phi) is 4.82. The van der Waals surface area contributed by atoms with E-state index in [1.165, 1.54) is 18.5 Å². The van der Waals surface area contributed by atoms with Gasteiger partial charge in [-0.1, -0.05) is 41.9 Å². The summed E-state index contributed by atoms with van der Waals surface area (Å²) in [5.74, 6) is 1.60. The van der Waals surface area contributed by atoms with Crippen LogP contribution in [0.4, 0.5) is 0 Å². The third-order valence-corrected chi connectivity index (χ3v) is 4.76. The molecule has 1 aromatic rings. The monoisotopic (exact) mass is 310 g/mol. The molecule has 3 heteroatoms. The molecule has 0 saturated carbocycles. The SMILES string of the molecule is CC1CCN(C(CN)c2cccc(Br)c2)CC1C. The molecule has 2 N–H and O–H groups in total. The molecule has 1 saturated heterocycles. The topological polar surface area (TPSA) is 29.3 Å². The average Bonchev–Trinajstić information content (AvgIpc) is 2.35. The molecule has 3 atom stereocenters. The van der Waals surface area contributed by atoms with Gasteiger partial charge in [0, 0.05) is 23.6 Å². The van der Waals surface area contributed by atoms with Gasteiger partial charge < -0.3 is 5.73 Å². The summed E-state index contributed by atoms with van der Waals surface area (Å²) < 4.78 is 1.14. The van der Waals surface area contributed by atoms with Crippen molar-refractivity contribution in [3.63, 3.8) is 0 Å². The van der Waals surface area contributed by atoms with Crippen LogP contribution >= 0.6 is 15.9 Å². The first kappa shape index (κ1) is 14.0. The summed E-state index contributed by atoms with van der Waals surface area (Å²) >= 11 is 3.55. The van der Waals surface area contributed by atoms with Crippen molar-refractivity contribution in [3.05, 3.63) is 34.3 Å². The van der Waals surface area contributed by atoms with Crippen molar-refractivity contribution in [2.75, 3.05) is 19.6 Å². The van der Waals surface area contributed by atoms with Crippen molar-refractivity contribution < 1.29 is 0 Å². The number of hydrogen-bond donors (Lipinski definition) is 1. The molecule has 2 nitrogen and oxygen atoms in total. The number of likely N-dealkylation sites (tertiary alicyclic amines) is 1. The molecule has 18 heavy (non-hydrogen) atoms. The Morgan fingerprint density at radius 2 is 2.17 bits per heavy atom. The van der Waals surface area contributed by atoms with Crippen LogP contribution in [0, 0.1) is 11.8 Å². The first-order chi connectivity index (χ1) is 8.61. The van der Waals surface area contributed by atoms with Gasteiger partial charge in [-0.25, -0.2) is 0 Å². The number of rotatable bonds is 3. The Bertz CT molecular complexity index is 394. The Balaban J connectivity index is 2.14. The van der Waals surface area contributed by atoms with Crippen LogP contribution in [0.3, 0.4) is 0 Å². The number of piperidine rings is 1. The van der Waals surface area contributed by atoms with Gasteiger partial charge >= 0.3 is 0 Å². The van der Waals surface area contributed by atoms with Crippen LogP contribution in [-0.4, -0.2) is 24.5 Å². The van der Waals surface area contributed by atoms with Crippen LogP contribution in [0.1, 0.15) is 31.9 Å². The van der Waals surface area contributed by atoms with Crippen molar-refractivity contribution in [3.8, 4) is 0 Å². The standard InChI is InChI=1S/C15H23BrN2/c1-11-6-7-18(10-12(11)2)15(9-17)13-4-3-5-14(16)8-13/h3-5,8,11-12,15H,6-7,9-10,17H2,1-2H3. The zero-order valence-electron chi connectivity index (χ0n) is 11.3. The minimum atomic E-state index is 0.359. The van der Waals surface area contributed by atoms with Crippen LogP contribution in [0.15, 0.2) is 28.7 Å². The van der Waals surface area contributed by atoms with Gasteiger partial charge in [-0.05, 0) is 42.5 Å². The summed E-state index contributed by atoms with van der Waals surface area (Å²) in [6.45, 7) is 7.73. The van der Waals surface area contributed by atoms with Gasteiger partial charge in [0.2, 0.25) is 0 Å². The van der Waals surface area contributed by atoms with E-state index < -0.39 is 0 Å². The smallest absolute Gasteiger partial charge is 0.0470 e. The molecule has 1 aliphatic rings. The number of nitrogens with two attached hydrogens (primary N) is 1. The van der Waals surface area contributed by atoms with Crippen LogP contribution in [-0.2, 0) is 0 Å². The van der Waals surface area contributed by atoms with Gasteiger partial charge in [-0.15, -0.1) is 0 Å². The molecule has 0 amide bonds. The van der Waals surface area contributed by atoms with Crippen LogP contribution in [0.5, 0.6) is 0 Å². The van der Waals surface area contributed by atoms with Gasteiger partial charge in [0.25, 0.3) is 0 Å². The molecule has 1 aromatic carbocycles. The molecule has 0 aromatic heterocycles. The molecule has 1 aliphatic heterocycles. The molecule has 100 valence electrons. The minimum absolute atomic E-state index is 0.359. The molecule has 0 spiro atoms. The Labute approximate surface area is 119 Å². The van der Waals surface area contributed by atoms with E-state index in [1.54, 1.807) is 0 Å². The highest BCUT2D eigenvalue weighted by Gasteiger charge is 2.27. The van der Waals surface area contributed by atoms with E-state index in [1.807, 2.05) is 0 Å². The van der Waals surface area contributed by atoms with E-state index >= 15 is 0 Å². The summed E-state index contributed by atoms with van der Waals surface area (Å²) in [6, 6.07) is 8.90. The highest BCUT2D eigenvalue weighted by Crippen LogP contribution is 2.30. The predicted molar refractivity (Wildman–Crippen MR) is 80.5 cm³/mol. The summed E-state index contributed by atoms with van der Waals surface area (Å²) in [5, 5.41) is 0. The second kappa shape index (κ2) is 6.18. The Morgan fingerprint density at radius 1 is 1.39 bits per heavy atom. The lowest BCUT2D eigenvalue weighted by molar-refractivity contribution is 0.0983. The van der Waals surface area contributed by atoms with Crippen molar-refractivity contribution >= 4 is 15.9 Å². The second-order valence-corrected chi connectivity index (χ2v) is 6.46. The summed E-state index contributed by atoms with van der Waals surface area (Å²) in [5.41, 5.74) is 7.34. The summed E-state index contributed by atoms with van der Waals surface area (Å²) in [6.07, 6.45) is 1.28. The quantitative estimate of drug-likeness (QED) is 0.927. The van der Waals surface area contributed by atoms with Crippen LogP contribution < -0.4 is 5.73 Å². The fourth-order valence-corrected chi connectivity index (χ4v) is 3.20. The number of benzene rings is 1. The molecule has 1 fully saturated rings. The minimum Gasteiger partial charge on any atom is -0.329 e. The van der Waals surface area contributed by atoms with Crippen LogP contribution in [0.2, 0.25) is 0 Å². The zero-order chi connectivity index (χ0) is 13.1. The number of nitrogens with zero attached hydrogens (tertiary/aromatic N) is 1. The van der Waals surface area contributed by atoms with E-state index in [2.05, 4.69) is 58.9 Å². The van der Waals surface area contributed by atoms with E-state index in [0.29, 0.717) is 12.6 Å². The average molecular weight is 311 g/mol. The Morgan fingerprint density at radius 3 is 2.78 bits per heavy atom. The lowest BCUT2D eigenvalue weighted by Crippen LogP contribution is -2.43. The summed E-state index contributed by atoms with van der Waals surface area (Å²) in [4.78, 5) is 2.55. The molecular weight excluding hydrogens is 288 g/mol. The Hall–Kier alpha value is -0.380. The van der Waals surface area contributed by atoms with Gasteiger partial charge in [0.05, 0.1) is 0 Å². The zero-order valence-corrected chi connectivity index (χ0v) is 12.9. The maximum Gasteiger partial charge on any atom is 0.0470 e. The van der Waals surface area contributed by atoms with Gasteiger partial charge in [0.15, 0.2) is 0 Å². The highest BCUT2D eigenvalue weighted by molar-refractivity contribution is 9.10. The number of hydrogen-bond acceptors (Lipinski definition) is 2. The fraction of sp³-hybridized carbons (Fsp3) is 0.600. The predicted octanol–water partition coefficient (Wildman–Crippen LogP) is 3.43. The first-order valence-electron chi connectivity index (χ1n) is 6.81. The van der Waals surface area contributed by atoms with E-state index in [0.717, 1.165) is 22.9 Å². The van der Waals surface area contributed by atoms with E-state index in [-0.39, 0.29) is 0 Å². The third-order valence-electron chi connectivity index (χ3n) is 4.26. The molecule has 3 unspecified atom stereocenters. The van der Waals surface area contributed by atoms with Crippen molar-refractivity contribution in [2.24, 2.45) is 17.6 Å². The second-order valence-electron chi connectivity index (χ2n) is 5.54. The van der Waals surface area contributed by atoms with Crippen LogP contribution in [0.25, 0.3) is 0 Å².